The van der Waals surface area contributed by atoms with Crippen molar-refractivity contribution in [3.63, 3.8) is 0 Å². The fourth-order valence-electron chi connectivity index (χ4n) is 2.53. The van der Waals surface area contributed by atoms with E-state index in [9.17, 15) is 5.11 Å². The van der Waals surface area contributed by atoms with Gasteiger partial charge in [0.2, 0.25) is 0 Å². The molecule has 0 saturated heterocycles. The molecular weight excluding hydrogens is 226 g/mol. The average Bonchev–Trinajstić information content (AvgIpc) is 2.85. The summed E-state index contributed by atoms with van der Waals surface area (Å²) in [5.41, 5.74) is 3.30. The Balaban J connectivity index is 1.93. The van der Waals surface area contributed by atoms with Crippen LogP contribution in [0, 0.1) is 6.92 Å². The number of nitrogens with zero attached hydrogens (tertiary/aromatic N) is 3. The maximum absolute atomic E-state index is 9.48. The lowest BCUT2D eigenvalue weighted by Crippen LogP contribution is -2.34. The summed E-state index contributed by atoms with van der Waals surface area (Å²) in [5.74, 6) is 1.09. The molecule has 0 spiro atoms. The van der Waals surface area contributed by atoms with E-state index < -0.39 is 0 Å². The first kappa shape index (κ1) is 11.3. The molecule has 18 heavy (non-hydrogen) atoms. The third kappa shape index (κ3) is 1.88. The van der Waals surface area contributed by atoms with Crippen LogP contribution in [0.5, 0.6) is 0 Å². The first-order chi connectivity index (χ1) is 8.78. The van der Waals surface area contributed by atoms with Crippen LogP contribution in [0.1, 0.15) is 17.0 Å². The van der Waals surface area contributed by atoms with Crippen LogP contribution in [0.4, 0.5) is 5.69 Å². The number of aromatic nitrogens is 2. The van der Waals surface area contributed by atoms with Crippen molar-refractivity contribution in [3.05, 3.63) is 47.5 Å². The van der Waals surface area contributed by atoms with E-state index in [1.807, 2.05) is 19.3 Å². The van der Waals surface area contributed by atoms with E-state index in [0.717, 1.165) is 36.7 Å². The number of aryl methyl sites for hydroxylation is 1. The second kappa shape index (κ2) is 4.46. The number of rotatable bonds is 2. The minimum absolute atomic E-state index is 0.0853. The van der Waals surface area contributed by atoms with E-state index in [-0.39, 0.29) is 6.61 Å². The molecule has 1 aliphatic rings. The third-order valence-electron chi connectivity index (χ3n) is 3.49. The molecule has 0 saturated carbocycles. The van der Waals surface area contributed by atoms with Crippen molar-refractivity contribution in [2.75, 3.05) is 11.4 Å². The van der Waals surface area contributed by atoms with Gasteiger partial charge in [-0.2, -0.15) is 0 Å². The van der Waals surface area contributed by atoms with Gasteiger partial charge in [-0.25, -0.2) is 4.98 Å². The highest BCUT2D eigenvalue weighted by Gasteiger charge is 2.18. The lowest BCUT2D eigenvalue weighted by Gasteiger charge is -2.31. The van der Waals surface area contributed by atoms with Crippen molar-refractivity contribution in [1.82, 2.24) is 9.55 Å². The Bertz CT molecular complexity index is 562. The number of aliphatic hydroxyl groups is 1. The molecule has 94 valence electrons. The largest absolute Gasteiger partial charge is 0.392 e. The average molecular weight is 243 g/mol. The van der Waals surface area contributed by atoms with Crippen molar-refractivity contribution in [3.8, 4) is 0 Å². The minimum atomic E-state index is 0.0853. The number of aliphatic hydroxyl groups excluding tert-OH is 1. The molecule has 4 nitrogen and oxygen atoms in total. The number of imidazole rings is 1. The smallest absolute Gasteiger partial charge is 0.128 e. The lowest BCUT2D eigenvalue weighted by molar-refractivity contribution is 0.281. The third-order valence-corrected chi connectivity index (χ3v) is 3.49. The first-order valence-electron chi connectivity index (χ1n) is 6.23. The highest BCUT2D eigenvalue weighted by Crippen LogP contribution is 2.25. The van der Waals surface area contributed by atoms with Crippen LogP contribution >= 0.6 is 0 Å². The SMILES string of the molecule is Cc1ccc(N2CCn3ccnc3C2)c(CO)c1. The van der Waals surface area contributed by atoms with Gasteiger partial charge in [0.1, 0.15) is 5.82 Å². The predicted octanol–water partition coefficient (Wildman–Crippen LogP) is 1.70. The van der Waals surface area contributed by atoms with Gasteiger partial charge in [0, 0.05) is 36.7 Å². The number of hydrogen-bond donors (Lipinski definition) is 1. The van der Waals surface area contributed by atoms with Crippen LogP contribution in [0.25, 0.3) is 0 Å². The number of benzene rings is 1. The van der Waals surface area contributed by atoms with E-state index in [1.165, 1.54) is 5.56 Å². The lowest BCUT2D eigenvalue weighted by atomic mass is 10.1. The second-order valence-corrected chi connectivity index (χ2v) is 4.75. The zero-order valence-electron chi connectivity index (χ0n) is 10.5. The Labute approximate surface area is 107 Å². The summed E-state index contributed by atoms with van der Waals surface area (Å²) in [6.07, 6.45) is 3.87. The second-order valence-electron chi connectivity index (χ2n) is 4.75. The van der Waals surface area contributed by atoms with Gasteiger partial charge in [0.25, 0.3) is 0 Å². The molecule has 0 aliphatic carbocycles. The van der Waals surface area contributed by atoms with Crippen LogP contribution in [0.15, 0.2) is 30.6 Å². The zero-order valence-corrected chi connectivity index (χ0v) is 10.5. The predicted molar refractivity (Wildman–Crippen MR) is 70.4 cm³/mol. The fourth-order valence-corrected chi connectivity index (χ4v) is 2.53. The van der Waals surface area contributed by atoms with Crippen molar-refractivity contribution >= 4 is 5.69 Å². The Morgan fingerprint density at radius 1 is 1.33 bits per heavy atom. The summed E-state index contributed by atoms with van der Waals surface area (Å²) in [7, 11) is 0. The topological polar surface area (TPSA) is 41.3 Å². The van der Waals surface area contributed by atoms with Crippen molar-refractivity contribution < 1.29 is 5.11 Å². The molecule has 3 rings (SSSR count). The van der Waals surface area contributed by atoms with Gasteiger partial charge in [-0.1, -0.05) is 17.7 Å². The van der Waals surface area contributed by atoms with E-state index in [2.05, 4.69) is 32.7 Å². The summed E-state index contributed by atoms with van der Waals surface area (Å²) in [4.78, 5) is 6.65. The molecule has 1 aromatic heterocycles. The normalized spacial score (nSPS) is 14.7. The Morgan fingerprint density at radius 3 is 3.06 bits per heavy atom. The van der Waals surface area contributed by atoms with Gasteiger partial charge in [-0.05, 0) is 13.0 Å². The summed E-state index contributed by atoms with van der Waals surface area (Å²) in [6, 6.07) is 6.24. The maximum Gasteiger partial charge on any atom is 0.128 e. The molecule has 1 aliphatic heterocycles. The molecule has 2 aromatic rings. The molecule has 4 heteroatoms. The van der Waals surface area contributed by atoms with Gasteiger partial charge in [-0.15, -0.1) is 0 Å². The molecule has 2 heterocycles. The van der Waals surface area contributed by atoms with Crippen LogP contribution < -0.4 is 4.90 Å². The molecule has 0 radical (unpaired) electrons. The molecule has 0 unspecified atom stereocenters. The van der Waals surface area contributed by atoms with E-state index >= 15 is 0 Å². The van der Waals surface area contributed by atoms with Gasteiger partial charge >= 0.3 is 0 Å². The van der Waals surface area contributed by atoms with Crippen LogP contribution in [0.3, 0.4) is 0 Å². The molecule has 0 amide bonds. The Kier molecular flexibility index (Phi) is 2.80. The fraction of sp³-hybridized carbons (Fsp3) is 0.357. The standard InChI is InChI=1S/C14H17N3O/c1-11-2-3-13(12(8-11)10-18)17-7-6-16-5-4-15-14(16)9-17/h2-5,8,18H,6-7,9-10H2,1H3. The quantitative estimate of drug-likeness (QED) is 0.873. The Morgan fingerprint density at radius 2 is 2.22 bits per heavy atom. The monoisotopic (exact) mass is 243 g/mol. The highest BCUT2D eigenvalue weighted by atomic mass is 16.3. The maximum atomic E-state index is 9.48. The summed E-state index contributed by atoms with van der Waals surface area (Å²) in [6.45, 7) is 4.85. The van der Waals surface area contributed by atoms with Crippen LogP contribution in [-0.4, -0.2) is 21.2 Å². The molecule has 1 N–H and O–H groups in total. The number of anilines is 1. The summed E-state index contributed by atoms with van der Waals surface area (Å²) >= 11 is 0. The molecule has 0 bridgehead atoms. The van der Waals surface area contributed by atoms with Crippen LogP contribution in [0.2, 0.25) is 0 Å². The van der Waals surface area contributed by atoms with Gasteiger partial charge in [0.05, 0.1) is 13.2 Å². The first-order valence-corrected chi connectivity index (χ1v) is 6.23. The van der Waals surface area contributed by atoms with Gasteiger partial charge in [0.15, 0.2) is 0 Å². The highest BCUT2D eigenvalue weighted by molar-refractivity contribution is 5.55. The van der Waals surface area contributed by atoms with E-state index in [1.54, 1.807) is 0 Å². The van der Waals surface area contributed by atoms with Crippen molar-refractivity contribution in [2.24, 2.45) is 0 Å². The number of hydrogen-bond acceptors (Lipinski definition) is 3. The van der Waals surface area contributed by atoms with Gasteiger partial charge in [-0.3, -0.25) is 0 Å². The summed E-state index contributed by atoms with van der Waals surface area (Å²) in [5, 5.41) is 9.48. The summed E-state index contributed by atoms with van der Waals surface area (Å²) < 4.78 is 2.18. The zero-order chi connectivity index (χ0) is 12.5. The Hall–Kier alpha value is -1.81. The van der Waals surface area contributed by atoms with E-state index in [0.29, 0.717) is 0 Å². The molecule has 0 fully saturated rings. The molecule has 1 aromatic carbocycles. The van der Waals surface area contributed by atoms with Gasteiger partial charge < -0.3 is 14.6 Å². The number of fused-ring (bicyclic) bond motifs is 1. The molecular formula is C14H17N3O. The van der Waals surface area contributed by atoms with Crippen molar-refractivity contribution in [1.29, 1.82) is 0 Å². The van der Waals surface area contributed by atoms with Crippen molar-refractivity contribution in [2.45, 2.75) is 26.6 Å². The molecule has 0 atom stereocenters. The van der Waals surface area contributed by atoms with E-state index in [4.69, 9.17) is 0 Å². The minimum Gasteiger partial charge on any atom is -0.392 e. The van der Waals surface area contributed by atoms with Crippen LogP contribution in [-0.2, 0) is 19.7 Å².